The summed E-state index contributed by atoms with van der Waals surface area (Å²) in [5.74, 6) is -0.507. The highest BCUT2D eigenvalue weighted by Gasteiger charge is 2.28. The number of nitrogens with zero attached hydrogens (tertiary/aromatic N) is 2. The molecule has 2 heterocycles. The Balaban J connectivity index is 1.67. The normalized spacial score (nSPS) is 17.0. The van der Waals surface area contributed by atoms with Gasteiger partial charge in [-0.25, -0.2) is 0 Å². The van der Waals surface area contributed by atoms with E-state index in [0.29, 0.717) is 53.5 Å². The average Bonchev–Trinajstić information content (AvgIpc) is 3.56. The van der Waals surface area contributed by atoms with Gasteiger partial charge < -0.3 is 39.6 Å². The maximum absolute atomic E-state index is 13.4. The molecule has 0 unspecified atom stereocenters. The van der Waals surface area contributed by atoms with Crippen molar-refractivity contribution in [3.05, 3.63) is 65.5 Å². The van der Waals surface area contributed by atoms with Gasteiger partial charge in [-0.3, -0.25) is 19.2 Å². The first kappa shape index (κ1) is 31.9. The van der Waals surface area contributed by atoms with Gasteiger partial charge in [0.05, 0.1) is 39.1 Å². The maximum Gasteiger partial charge on any atom is 0.292 e. The van der Waals surface area contributed by atoms with Crippen LogP contribution in [0.1, 0.15) is 53.2 Å². The van der Waals surface area contributed by atoms with Crippen LogP contribution in [0.4, 0.5) is 0 Å². The van der Waals surface area contributed by atoms with Gasteiger partial charge in [0.25, 0.3) is 11.8 Å². The largest absolute Gasteiger partial charge is 0.496 e. The Bertz CT molecular complexity index is 1470. The molecule has 1 aliphatic heterocycles. The van der Waals surface area contributed by atoms with Gasteiger partial charge in [-0.05, 0) is 49.1 Å². The van der Waals surface area contributed by atoms with Crippen molar-refractivity contribution in [2.45, 2.75) is 39.3 Å². The molecular weight excluding hydrogens is 570 g/mol. The molecule has 13 nitrogen and oxygen atoms in total. The van der Waals surface area contributed by atoms with Gasteiger partial charge in [-0.2, -0.15) is 0 Å². The maximum atomic E-state index is 13.4. The second-order valence-corrected chi connectivity index (χ2v) is 10.5. The van der Waals surface area contributed by atoms with E-state index in [1.807, 2.05) is 13.8 Å². The van der Waals surface area contributed by atoms with Crippen molar-refractivity contribution < 1.29 is 37.9 Å². The van der Waals surface area contributed by atoms with Crippen LogP contribution in [0.2, 0.25) is 0 Å². The Hall–Kier alpha value is -5.07. The van der Waals surface area contributed by atoms with Gasteiger partial charge in [0.1, 0.15) is 17.5 Å². The predicted octanol–water partition coefficient (Wildman–Crippen LogP) is 2.91. The first-order chi connectivity index (χ1) is 21.2. The minimum atomic E-state index is -0.888. The molecule has 4 rings (SSSR count). The number of hydrogen-bond acceptors (Lipinski definition) is 9. The number of carbonyl (C=O) groups excluding carboxylic acids is 4. The van der Waals surface area contributed by atoms with Gasteiger partial charge in [-0.15, -0.1) is 0 Å². The third-order valence-electron chi connectivity index (χ3n) is 7.07. The van der Waals surface area contributed by atoms with Crippen LogP contribution in [0.25, 0.3) is 0 Å². The third-order valence-corrected chi connectivity index (χ3v) is 7.07. The topological polar surface area (TPSA) is 161 Å². The van der Waals surface area contributed by atoms with E-state index in [1.165, 1.54) is 31.4 Å². The molecule has 3 N–H and O–H groups in total. The van der Waals surface area contributed by atoms with Gasteiger partial charge >= 0.3 is 0 Å². The number of aromatic nitrogens is 1. The molecule has 0 saturated carbocycles. The van der Waals surface area contributed by atoms with E-state index in [4.69, 9.17) is 18.7 Å². The lowest BCUT2D eigenvalue weighted by Crippen LogP contribution is -2.52. The van der Waals surface area contributed by atoms with Crippen molar-refractivity contribution in [2.24, 2.45) is 5.92 Å². The Morgan fingerprint density at radius 3 is 2.50 bits per heavy atom. The van der Waals surface area contributed by atoms with Crippen LogP contribution in [0, 0.1) is 5.92 Å². The summed E-state index contributed by atoms with van der Waals surface area (Å²) in [6, 6.07) is 10.6. The van der Waals surface area contributed by atoms with Crippen molar-refractivity contribution in [1.82, 2.24) is 26.0 Å². The predicted molar refractivity (Wildman–Crippen MR) is 159 cm³/mol. The van der Waals surface area contributed by atoms with Crippen LogP contribution in [0.15, 0.2) is 53.2 Å². The summed E-state index contributed by atoms with van der Waals surface area (Å²) in [5.41, 5.74) is 0.888. The zero-order valence-corrected chi connectivity index (χ0v) is 25.2. The summed E-state index contributed by atoms with van der Waals surface area (Å²) in [6.07, 6.45) is 2.35. The van der Waals surface area contributed by atoms with E-state index >= 15 is 0 Å². The molecule has 2 aromatic carbocycles. The lowest BCUT2D eigenvalue weighted by atomic mass is 10.0. The Labute approximate surface area is 255 Å². The number of benzene rings is 2. The second kappa shape index (κ2) is 14.9. The Morgan fingerprint density at radius 2 is 1.80 bits per heavy atom. The van der Waals surface area contributed by atoms with Crippen LogP contribution in [-0.4, -0.2) is 73.6 Å². The van der Waals surface area contributed by atoms with Crippen molar-refractivity contribution in [3.63, 3.8) is 0 Å². The molecule has 1 aromatic heterocycles. The van der Waals surface area contributed by atoms with E-state index in [-0.39, 0.29) is 37.2 Å². The van der Waals surface area contributed by atoms with E-state index < -0.39 is 23.8 Å². The molecule has 0 radical (unpaired) electrons. The fourth-order valence-corrected chi connectivity index (χ4v) is 4.70. The van der Waals surface area contributed by atoms with Crippen molar-refractivity contribution in [1.29, 1.82) is 0 Å². The first-order valence-electron chi connectivity index (χ1n) is 14.3. The Morgan fingerprint density at radius 1 is 1.00 bits per heavy atom. The molecule has 13 heteroatoms. The van der Waals surface area contributed by atoms with Gasteiger partial charge in [0, 0.05) is 24.7 Å². The summed E-state index contributed by atoms with van der Waals surface area (Å²) in [7, 11) is 3.00. The number of rotatable bonds is 4. The standard InChI is InChI=1S/C31H37N5O8/c1-19(2)28-30(39)33-17-21-22(41-3)8-7-9-23(21)43-26-16-20(10-11-24(26)42-4)29(38)32-13-5-6-15-36(18-27(37)35-28)31(40)25-12-14-34-44-25/h7-12,14,16,19,28H,5-6,13,15,17-18H2,1-4H3,(H,32,38)(H,33,39)(H,35,37)/t28-/m1/s1. The van der Waals surface area contributed by atoms with Crippen molar-refractivity contribution in [2.75, 3.05) is 33.9 Å². The minimum absolute atomic E-state index is 0.00979. The molecule has 1 aliphatic rings. The molecule has 1 atom stereocenters. The molecule has 44 heavy (non-hydrogen) atoms. The van der Waals surface area contributed by atoms with Crippen LogP contribution < -0.4 is 30.2 Å². The molecule has 4 amide bonds. The smallest absolute Gasteiger partial charge is 0.292 e. The molecule has 2 bridgehead atoms. The molecule has 0 aliphatic carbocycles. The van der Waals surface area contributed by atoms with Crippen molar-refractivity contribution in [3.8, 4) is 23.0 Å². The number of carbonyl (C=O) groups is 4. The van der Waals surface area contributed by atoms with Crippen LogP contribution in [0.3, 0.4) is 0 Å². The number of ether oxygens (including phenoxy) is 3. The molecule has 234 valence electrons. The van der Waals surface area contributed by atoms with Crippen LogP contribution in [-0.2, 0) is 16.1 Å². The molecule has 0 spiro atoms. The lowest BCUT2D eigenvalue weighted by molar-refractivity contribution is -0.130. The second-order valence-electron chi connectivity index (χ2n) is 10.5. The monoisotopic (exact) mass is 607 g/mol. The molecule has 0 saturated heterocycles. The minimum Gasteiger partial charge on any atom is -0.496 e. The first-order valence-corrected chi connectivity index (χ1v) is 14.3. The van der Waals surface area contributed by atoms with Crippen LogP contribution >= 0.6 is 0 Å². The fourth-order valence-electron chi connectivity index (χ4n) is 4.70. The summed E-state index contributed by atoms with van der Waals surface area (Å²) >= 11 is 0. The highest BCUT2D eigenvalue weighted by atomic mass is 16.5. The zero-order valence-electron chi connectivity index (χ0n) is 25.2. The van der Waals surface area contributed by atoms with Gasteiger partial charge in [-0.1, -0.05) is 25.1 Å². The molecular formula is C31H37N5O8. The number of methoxy groups -OCH3 is 2. The van der Waals surface area contributed by atoms with Gasteiger partial charge in [0.15, 0.2) is 11.5 Å². The summed E-state index contributed by atoms with van der Waals surface area (Å²) in [5, 5.41) is 12.1. The SMILES string of the molecule is COc1ccc2cc1Oc1cccc(OC)c1CNC(=O)[C@@H](C(C)C)NC(=O)CN(C(=O)c1ccno1)CCCCNC2=O. The van der Waals surface area contributed by atoms with E-state index in [9.17, 15) is 19.2 Å². The average molecular weight is 608 g/mol. The summed E-state index contributed by atoms with van der Waals surface area (Å²) in [6.45, 7) is 3.86. The van der Waals surface area contributed by atoms with Gasteiger partial charge in [0.2, 0.25) is 17.6 Å². The summed E-state index contributed by atoms with van der Waals surface area (Å²) < 4.78 is 22.3. The zero-order chi connectivity index (χ0) is 31.6. The highest BCUT2D eigenvalue weighted by Crippen LogP contribution is 2.37. The van der Waals surface area contributed by atoms with Crippen LogP contribution in [0.5, 0.6) is 23.0 Å². The highest BCUT2D eigenvalue weighted by molar-refractivity contribution is 5.96. The quantitative estimate of drug-likeness (QED) is 0.405. The number of fused-ring (bicyclic) bond motifs is 3. The number of amides is 4. The molecule has 3 aromatic rings. The lowest BCUT2D eigenvalue weighted by Gasteiger charge is -2.25. The Kier molecular flexibility index (Phi) is 10.8. The number of hydrogen-bond donors (Lipinski definition) is 3. The summed E-state index contributed by atoms with van der Waals surface area (Å²) in [4.78, 5) is 54.0. The van der Waals surface area contributed by atoms with Crippen molar-refractivity contribution >= 4 is 23.6 Å². The van der Waals surface area contributed by atoms with E-state index in [0.717, 1.165) is 0 Å². The van der Waals surface area contributed by atoms with E-state index in [1.54, 1.807) is 36.4 Å². The molecule has 0 fully saturated rings. The third kappa shape index (κ3) is 7.85. The number of nitrogens with one attached hydrogen (secondary N) is 3. The van der Waals surface area contributed by atoms with E-state index in [2.05, 4.69) is 21.1 Å². The fraction of sp³-hybridized carbons (Fsp3) is 0.387.